The number of carbonyl (C=O) groups is 1. The predicted octanol–water partition coefficient (Wildman–Crippen LogP) is 3.28. The number of rotatable bonds is 5. The highest BCUT2D eigenvalue weighted by molar-refractivity contribution is 5.87. The number of hydrogen-bond acceptors (Lipinski definition) is 6. The Morgan fingerprint density at radius 3 is 2.73 bits per heavy atom. The molecule has 0 bridgehead atoms. The Morgan fingerprint density at radius 1 is 1.10 bits per heavy atom. The molecule has 2 heterocycles. The van der Waals surface area contributed by atoms with Gasteiger partial charge in [-0.05, 0) is 48.1 Å². The summed E-state index contributed by atoms with van der Waals surface area (Å²) in [5.41, 5.74) is 4.35. The van der Waals surface area contributed by atoms with Gasteiger partial charge in [0.15, 0.2) is 5.69 Å². The largest absolute Gasteiger partial charge is 0.456 e. The lowest BCUT2D eigenvalue weighted by Crippen LogP contribution is -2.08. The van der Waals surface area contributed by atoms with E-state index in [1.807, 2.05) is 42.5 Å². The van der Waals surface area contributed by atoms with E-state index in [0.717, 1.165) is 30.2 Å². The van der Waals surface area contributed by atoms with Crippen molar-refractivity contribution >= 4 is 16.9 Å². The summed E-state index contributed by atoms with van der Waals surface area (Å²) in [5, 5.41) is 8.70. The number of nitrogens with zero attached hydrogens (tertiary/aromatic N) is 3. The first kappa shape index (κ1) is 18.3. The van der Waals surface area contributed by atoms with E-state index in [1.54, 1.807) is 10.9 Å². The second kappa shape index (κ2) is 7.59. The van der Waals surface area contributed by atoms with Crippen LogP contribution in [-0.4, -0.2) is 21.0 Å². The highest BCUT2D eigenvalue weighted by Gasteiger charge is 2.17. The van der Waals surface area contributed by atoms with Crippen LogP contribution in [0.15, 0.2) is 63.9 Å². The Morgan fingerprint density at radius 2 is 1.90 bits per heavy atom. The molecule has 7 heteroatoms. The van der Waals surface area contributed by atoms with Gasteiger partial charge in [0, 0.05) is 17.0 Å². The molecule has 30 heavy (non-hydrogen) atoms. The molecule has 0 aliphatic heterocycles. The molecule has 150 valence electrons. The van der Waals surface area contributed by atoms with E-state index in [2.05, 4.69) is 10.3 Å². The topological polar surface area (TPSA) is 87.2 Å². The summed E-state index contributed by atoms with van der Waals surface area (Å²) in [5.74, 6) is -0.586. The molecule has 0 atom stereocenters. The average Bonchev–Trinajstić information content (AvgIpc) is 3.40. The van der Waals surface area contributed by atoms with E-state index in [-0.39, 0.29) is 12.3 Å². The Labute approximate surface area is 171 Å². The maximum atomic E-state index is 12.5. The molecule has 0 N–H and O–H groups in total. The summed E-state index contributed by atoms with van der Waals surface area (Å²) in [6.07, 6.45) is 4.65. The lowest BCUT2D eigenvalue weighted by atomic mass is 10.0. The van der Waals surface area contributed by atoms with Gasteiger partial charge in [-0.15, -0.1) is 5.10 Å². The van der Waals surface area contributed by atoms with Crippen molar-refractivity contribution in [2.45, 2.75) is 32.4 Å². The fraction of sp³-hybridized carbons (Fsp3) is 0.217. The zero-order valence-corrected chi connectivity index (χ0v) is 16.2. The normalized spacial score (nSPS) is 12.8. The number of aryl methyl sites for hydroxylation is 2. The highest BCUT2D eigenvalue weighted by Crippen LogP contribution is 2.28. The summed E-state index contributed by atoms with van der Waals surface area (Å²) < 4.78 is 12.4. The zero-order valence-electron chi connectivity index (χ0n) is 16.2. The molecule has 5 rings (SSSR count). The molecule has 0 fully saturated rings. The van der Waals surface area contributed by atoms with Gasteiger partial charge in [0.05, 0.1) is 12.7 Å². The molecular formula is C23H19N3O4. The van der Waals surface area contributed by atoms with Crippen LogP contribution >= 0.6 is 0 Å². The van der Waals surface area contributed by atoms with Gasteiger partial charge in [-0.3, -0.25) is 0 Å². The number of ether oxygens (including phenoxy) is 1. The molecule has 0 saturated heterocycles. The van der Waals surface area contributed by atoms with Crippen molar-refractivity contribution < 1.29 is 13.9 Å². The fourth-order valence-electron chi connectivity index (χ4n) is 3.87. The third-order valence-corrected chi connectivity index (χ3v) is 5.34. The van der Waals surface area contributed by atoms with E-state index in [4.69, 9.17) is 9.15 Å². The van der Waals surface area contributed by atoms with Gasteiger partial charge in [-0.2, -0.15) is 0 Å². The molecular weight excluding hydrogens is 382 g/mol. The predicted molar refractivity (Wildman–Crippen MR) is 109 cm³/mol. The fourth-order valence-corrected chi connectivity index (χ4v) is 3.87. The number of fused-ring (bicyclic) bond motifs is 2. The summed E-state index contributed by atoms with van der Waals surface area (Å²) in [4.78, 5) is 24.4. The van der Waals surface area contributed by atoms with Gasteiger partial charge in [-0.1, -0.05) is 35.5 Å². The third kappa shape index (κ3) is 3.61. The zero-order chi connectivity index (χ0) is 20.5. The maximum Gasteiger partial charge on any atom is 0.360 e. The minimum Gasteiger partial charge on any atom is -0.456 e. The third-order valence-electron chi connectivity index (χ3n) is 5.34. The first-order valence-electron chi connectivity index (χ1n) is 9.85. The standard InChI is InChI=1S/C23H19N3O4/c27-22-11-18(19-9-16-7-4-8-17(16)10-21(19)30-22)14-29-23(28)20-13-26(25-24-20)12-15-5-2-1-3-6-15/h1-3,5-6,9-11,13H,4,7-8,12,14H2. The van der Waals surface area contributed by atoms with Crippen LogP contribution in [0, 0.1) is 0 Å². The highest BCUT2D eigenvalue weighted by atomic mass is 16.5. The van der Waals surface area contributed by atoms with E-state index < -0.39 is 11.6 Å². The first-order valence-corrected chi connectivity index (χ1v) is 9.85. The Bertz CT molecular complexity index is 1290. The van der Waals surface area contributed by atoms with Gasteiger partial charge >= 0.3 is 11.6 Å². The molecule has 0 unspecified atom stereocenters. The summed E-state index contributed by atoms with van der Waals surface area (Å²) in [7, 11) is 0. The van der Waals surface area contributed by atoms with Gasteiger partial charge in [-0.25, -0.2) is 14.3 Å². The van der Waals surface area contributed by atoms with Crippen LogP contribution in [0.4, 0.5) is 0 Å². The van der Waals surface area contributed by atoms with Crippen molar-refractivity contribution in [1.29, 1.82) is 0 Å². The second-order valence-corrected chi connectivity index (χ2v) is 7.42. The van der Waals surface area contributed by atoms with Crippen LogP contribution in [0.25, 0.3) is 11.0 Å². The summed E-state index contributed by atoms with van der Waals surface area (Å²) in [6, 6.07) is 15.1. The molecule has 0 spiro atoms. The van der Waals surface area contributed by atoms with Crippen molar-refractivity contribution in [3.63, 3.8) is 0 Å². The van der Waals surface area contributed by atoms with Gasteiger partial charge in [0.2, 0.25) is 0 Å². The van der Waals surface area contributed by atoms with Crippen LogP contribution in [0.3, 0.4) is 0 Å². The van der Waals surface area contributed by atoms with Crippen molar-refractivity contribution in [2.75, 3.05) is 0 Å². The SMILES string of the molecule is O=C(OCc1cc(=O)oc2cc3c(cc12)CCC3)c1cn(Cc2ccccc2)nn1. The number of benzene rings is 2. The molecule has 1 aliphatic carbocycles. The smallest absolute Gasteiger partial charge is 0.360 e. The lowest BCUT2D eigenvalue weighted by molar-refractivity contribution is 0.0466. The molecule has 2 aromatic carbocycles. The van der Waals surface area contributed by atoms with Crippen molar-refractivity contribution in [3.05, 3.63) is 93.1 Å². The second-order valence-electron chi connectivity index (χ2n) is 7.42. The van der Waals surface area contributed by atoms with E-state index in [0.29, 0.717) is 17.7 Å². The number of aromatic nitrogens is 3. The Balaban J connectivity index is 1.33. The molecule has 4 aromatic rings. The molecule has 0 saturated carbocycles. The van der Waals surface area contributed by atoms with Crippen molar-refractivity contribution in [1.82, 2.24) is 15.0 Å². The molecule has 0 radical (unpaired) electrons. The van der Waals surface area contributed by atoms with Crippen LogP contribution in [-0.2, 0) is 30.7 Å². The van der Waals surface area contributed by atoms with E-state index in [9.17, 15) is 9.59 Å². The Kier molecular flexibility index (Phi) is 4.63. The minimum atomic E-state index is -0.586. The van der Waals surface area contributed by atoms with Gasteiger partial charge < -0.3 is 9.15 Å². The number of hydrogen-bond donors (Lipinski definition) is 0. The molecule has 7 nitrogen and oxygen atoms in total. The van der Waals surface area contributed by atoms with Crippen molar-refractivity contribution in [2.24, 2.45) is 0 Å². The number of carbonyl (C=O) groups excluding carboxylic acids is 1. The summed E-state index contributed by atoms with van der Waals surface area (Å²) in [6.45, 7) is 0.474. The van der Waals surface area contributed by atoms with Crippen LogP contribution in [0.1, 0.15) is 39.2 Å². The quantitative estimate of drug-likeness (QED) is 0.377. The lowest BCUT2D eigenvalue weighted by Gasteiger charge is -2.08. The van der Waals surface area contributed by atoms with E-state index >= 15 is 0 Å². The summed E-state index contributed by atoms with van der Waals surface area (Å²) >= 11 is 0. The van der Waals surface area contributed by atoms with Crippen LogP contribution < -0.4 is 5.63 Å². The first-order chi connectivity index (χ1) is 14.7. The van der Waals surface area contributed by atoms with Crippen LogP contribution in [0.5, 0.6) is 0 Å². The Hall–Kier alpha value is -3.74. The minimum absolute atomic E-state index is 0.0364. The molecule has 0 amide bonds. The monoisotopic (exact) mass is 401 g/mol. The number of esters is 1. The van der Waals surface area contributed by atoms with Gasteiger partial charge in [0.1, 0.15) is 12.2 Å². The maximum absolute atomic E-state index is 12.5. The van der Waals surface area contributed by atoms with Crippen LogP contribution in [0.2, 0.25) is 0 Å². The van der Waals surface area contributed by atoms with Crippen molar-refractivity contribution in [3.8, 4) is 0 Å². The van der Waals surface area contributed by atoms with E-state index in [1.165, 1.54) is 17.2 Å². The molecule has 2 aromatic heterocycles. The molecule has 1 aliphatic rings. The van der Waals surface area contributed by atoms with Gasteiger partial charge in [0.25, 0.3) is 0 Å². The average molecular weight is 401 g/mol.